The Morgan fingerprint density at radius 3 is 2.23 bits per heavy atom. The molecule has 0 bridgehead atoms. The molecule has 0 aromatic heterocycles. The molecule has 0 fully saturated rings. The van der Waals surface area contributed by atoms with E-state index in [0.29, 0.717) is 17.3 Å². The number of hydrazone groups is 1. The first-order chi connectivity index (χ1) is 14.8. The summed E-state index contributed by atoms with van der Waals surface area (Å²) in [6, 6.07) is 20.6. The van der Waals surface area contributed by atoms with Crippen molar-refractivity contribution in [3.05, 3.63) is 101 Å². The average Bonchev–Trinajstić information content (AvgIpc) is 3.20. The number of hydrogen-bond donors (Lipinski definition) is 1. The van der Waals surface area contributed by atoms with Crippen molar-refractivity contribution in [3.63, 3.8) is 0 Å². The van der Waals surface area contributed by atoms with Gasteiger partial charge in [0.15, 0.2) is 0 Å². The van der Waals surface area contributed by atoms with Gasteiger partial charge in [-0.25, -0.2) is 9.80 Å². The topological polar surface area (TPSA) is 44.7 Å². The fraction of sp³-hybridized carbons (Fsp3) is 0.130. The fourth-order valence-corrected chi connectivity index (χ4v) is 3.51. The molecule has 3 aromatic carbocycles. The zero-order valence-corrected chi connectivity index (χ0v) is 16.9. The minimum atomic E-state index is -4.43. The minimum absolute atomic E-state index is 0.152. The van der Waals surface area contributed by atoms with Crippen LogP contribution in [-0.2, 0) is 6.18 Å². The zero-order valence-electron chi connectivity index (χ0n) is 16.1. The lowest BCUT2D eigenvalue weighted by Gasteiger charge is -2.16. The summed E-state index contributed by atoms with van der Waals surface area (Å²) in [6.45, 7) is 0.300. The van der Waals surface area contributed by atoms with Crippen LogP contribution in [0.3, 0.4) is 0 Å². The van der Waals surface area contributed by atoms with Crippen LogP contribution in [0.2, 0.25) is 5.02 Å². The minimum Gasteiger partial charge on any atom is -0.306 e. The normalized spacial score (nSPS) is 16.2. The molecule has 0 saturated heterocycles. The van der Waals surface area contributed by atoms with E-state index in [0.717, 1.165) is 23.3 Å². The highest BCUT2D eigenvalue weighted by molar-refractivity contribution is 6.30. The predicted molar refractivity (Wildman–Crippen MR) is 114 cm³/mol. The first kappa shape index (κ1) is 20.9. The van der Waals surface area contributed by atoms with Crippen LogP contribution in [0.4, 0.5) is 23.7 Å². The summed E-state index contributed by atoms with van der Waals surface area (Å²) in [5, 5.41) is 9.00. The molecule has 1 N–H and O–H groups in total. The average molecular weight is 444 g/mol. The van der Waals surface area contributed by atoms with Crippen molar-refractivity contribution in [2.75, 3.05) is 11.9 Å². The Balaban J connectivity index is 1.57. The van der Waals surface area contributed by atoms with E-state index in [1.165, 1.54) is 17.1 Å². The third-order valence-corrected chi connectivity index (χ3v) is 5.21. The lowest BCUT2D eigenvalue weighted by molar-refractivity contribution is -0.137. The number of rotatable bonds is 3. The second-order valence-electron chi connectivity index (χ2n) is 7.04. The van der Waals surface area contributed by atoms with Crippen molar-refractivity contribution >= 4 is 29.0 Å². The molecular weight excluding hydrogens is 427 g/mol. The number of urea groups is 1. The van der Waals surface area contributed by atoms with Gasteiger partial charge in [0.25, 0.3) is 0 Å². The third kappa shape index (κ3) is 4.72. The van der Waals surface area contributed by atoms with Gasteiger partial charge in [0, 0.05) is 16.6 Å². The van der Waals surface area contributed by atoms with Gasteiger partial charge in [-0.05, 0) is 47.5 Å². The summed E-state index contributed by atoms with van der Waals surface area (Å²) in [5.41, 5.74) is 2.03. The quantitative estimate of drug-likeness (QED) is 0.500. The van der Waals surface area contributed by atoms with E-state index in [4.69, 9.17) is 11.6 Å². The van der Waals surface area contributed by atoms with Crippen molar-refractivity contribution < 1.29 is 18.0 Å². The van der Waals surface area contributed by atoms with Crippen molar-refractivity contribution in [3.8, 4) is 0 Å². The molecule has 0 saturated carbocycles. The molecule has 3 aromatic rings. The number of benzene rings is 3. The number of nitrogens with zero attached hydrogens (tertiary/aromatic N) is 2. The number of halogens is 4. The molecule has 1 aliphatic rings. The molecule has 2 amide bonds. The van der Waals surface area contributed by atoms with Gasteiger partial charge in [-0.1, -0.05) is 54.1 Å². The number of nitrogens with one attached hydrogen (secondary N) is 1. The zero-order chi connectivity index (χ0) is 22.0. The van der Waals surface area contributed by atoms with E-state index in [-0.39, 0.29) is 11.6 Å². The van der Waals surface area contributed by atoms with Gasteiger partial charge in [-0.2, -0.15) is 18.3 Å². The lowest BCUT2D eigenvalue weighted by Crippen LogP contribution is -2.30. The third-order valence-electron chi connectivity index (χ3n) is 4.95. The molecule has 8 heteroatoms. The second-order valence-corrected chi connectivity index (χ2v) is 7.48. The number of amides is 2. The number of hydrogen-bond acceptors (Lipinski definition) is 2. The van der Waals surface area contributed by atoms with Crippen molar-refractivity contribution in [1.82, 2.24) is 5.01 Å². The Labute approximate surface area is 182 Å². The Bertz CT molecular complexity index is 1100. The summed E-state index contributed by atoms with van der Waals surface area (Å²) >= 11 is 6.00. The summed E-state index contributed by atoms with van der Waals surface area (Å²) in [7, 11) is 0. The van der Waals surface area contributed by atoms with Gasteiger partial charge < -0.3 is 5.32 Å². The summed E-state index contributed by atoms with van der Waals surface area (Å²) in [4.78, 5) is 12.8. The largest absolute Gasteiger partial charge is 0.416 e. The van der Waals surface area contributed by atoms with Crippen LogP contribution in [-0.4, -0.2) is 23.3 Å². The summed E-state index contributed by atoms with van der Waals surface area (Å²) in [5.74, 6) is -0.152. The fourth-order valence-electron chi connectivity index (χ4n) is 3.39. The van der Waals surface area contributed by atoms with Gasteiger partial charge in [0.1, 0.15) is 0 Å². The number of carbonyl (C=O) groups excluding carboxylic acids is 1. The molecule has 31 heavy (non-hydrogen) atoms. The van der Waals surface area contributed by atoms with Crippen LogP contribution in [0.5, 0.6) is 0 Å². The van der Waals surface area contributed by atoms with Gasteiger partial charge >= 0.3 is 12.2 Å². The second kappa shape index (κ2) is 8.43. The number of alkyl halides is 3. The number of anilines is 1. The monoisotopic (exact) mass is 443 g/mol. The first-order valence-electron chi connectivity index (χ1n) is 9.46. The van der Waals surface area contributed by atoms with E-state index in [1.54, 1.807) is 12.1 Å². The maximum atomic E-state index is 12.8. The molecular formula is C23H17ClF3N3O. The van der Waals surface area contributed by atoms with Crippen LogP contribution in [0.1, 0.15) is 22.6 Å². The molecule has 0 spiro atoms. The Morgan fingerprint density at radius 1 is 0.968 bits per heavy atom. The number of carbonyl (C=O) groups is 1. The molecule has 1 heterocycles. The van der Waals surface area contributed by atoms with Crippen molar-refractivity contribution in [2.24, 2.45) is 5.10 Å². The van der Waals surface area contributed by atoms with Crippen LogP contribution >= 0.6 is 11.6 Å². The maximum absolute atomic E-state index is 12.8. The van der Waals surface area contributed by atoms with E-state index < -0.39 is 17.8 Å². The first-order valence-corrected chi connectivity index (χ1v) is 9.84. The van der Waals surface area contributed by atoms with Crippen molar-refractivity contribution in [1.29, 1.82) is 0 Å². The van der Waals surface area contributed by atoms with Crippen LogP contribution in [0.15, 0.2) is 84.0 Å². The van der Waals surface area contributed by atoms with Crippen molar-refractivity contribution in [2.45, 2.75) is 12.1 Å². The molecule has 1 aliphatic heterocycles. The van der Waals surface area contributed by atoms with E-state index >= 15 is 0 Å². The molecule has 4 rings (SSSR count). The van der Waals surface area contributed by atoms with Gasteiger partial charge in [-0.15, -0.1) is 0 Å². The highest BCUT2D eigenvalue weighted by atomic mass is 35.5. The Kier molecular flexibility index (Phi) is 5.69. The standard InChI is InChI=1S/C23H17ClF3N3O/c24-18-10-6-16(7-11-18)21-20(15-4-2-1-3-5-15)14-30(29-21)22(31)28-19-12-8-17(9-13-19)23(25,26)27/h1-13,20H,14H2,(H,28,31). The Morgan fingerprint density at radius 2 is 1.61 bits per heavy atom. The van der Waals surface area contributed by atoms with E-state index in [9.17, 15) is 18.0 Å². The molecule has 0 aliphatic carbocycles. The summed E-state index contributed by atoms with van der Waals surface area (Å²) < 4.78 is 38.2. The maximum Gasteiger partial charge on any atom is 0.416 e. The van der Waals surface area contributed by atoms with E-state index in [1.807, 2.05) is 42.5 Å². The van der Waals surface area contributed by atoms with Crippen LogP contribution in [0.25, 0.3) is 0 Å². The molecule has 1 atom stereocenters. The molecule has 1 unspecified atom stereocenters. The smallest absolute Gasteiger partial charge is 0.306 e. The van der Waals surface area contributed by atoms with Gasteiger partial charge in [0.2, 0.25) is 0 Å². The van der Waals surface area contributed by atoms with E-state index in [2.05, 4.69) is 10.4 Å². The van der Waals surface area contributed by atoms with Gasteiger partial charge in [0.05, 0.1) is 17.8 Å². The Hall–Kier alpha value is -3.32. The molecule has 4 nitrogen and oxygen atoms in total. The SMILES string of the molecule is O=C(Nc1ccc(C(F)(F)F)cc1)N1CC(c2ccccc2)C(c2ccc(Cl)cc2)=N1. The lowest BCUT2D eigenvalue weighted by atomic mass is 9.91. The highest BCUT2D eigenvalue weighted by Crippen LogP contribution is 2.31. The highest BCUT2D eigenvalue weighted by Gasteiger charge is 2.33. The van der Waals surface area contributed by atoms with Gasteiger partial charge in [-0.3, -0.25) is 0 Å². The molecule has 0 radical (unpaired) electrons. The van der Waals surface area contributed by atoms with Crippen LogP contribution < -0.4 is 5.32 Å². The summed E-state index contributed by atoms with van der Waals surface area (Å²) in [6.07, 6.45) is -4.43. The predicted octanol–water partition coefficient (Wildman–Crippen LogP) is 6.39. The van der Waals surface area contributed by atoms with Crippen LogP contribution in [0, 0.1) is 0 Å². The molecule has 158 valence electrons.